The third-order valence-corrected chi connectivity index (χ3v) is 6.55. The van der Waals surface area contributed by atoms with Crippen molar-refractivity contribution in [3.63, 3.8) is 0 Å². The van der Waals surface area contributed by atoms with Gasteiger partial charge in [0.25, 0.3) is 0 Å². The van der Waals surface area contributed by atoms with Crippen LogP contribution in [0.5, 0.6) is 0 Å². The molecule has 1 heterocycles. The highest BCUT2D eigenvalue weighted by molar-refractivity contribution is 5.80. The summed E-state index contributed by atoms with van der Waals surface area (Å²) in [5, 5.41) is 3.15. The van der Waals surface area contributed by atoms with Crippen molar-refractivity contribution >= 4 is 11.8 Å². The lowest BCUT2D eigenvalue weighted by Gasteiger charge is -2.28. The summed E-state index contributed by atoms with van der Waals surface area (Å²) in [5.41, 5.74) is 1.76. The van der Waals surface area contributed by atoms with E-state index in [2.05, 4.69) is 11.4 Å². The van der Waals surface area contributed by atoms with Crippen molar-refractivity contribution < 1.29 is 9.59 Å². The van der Waals surface area contributed by atoms with Gasteiger partial charge in [-0.25, -0.2) is 4.79 Å². The molecule has 0 bridgehead atoms. The molecule has 0 aromatic carbocycles. The number of carbonyl (C=O) groups excluding carboxylic acids is 2. The van der Waals surface area contributed by atoms with E-state index in [0.29, 0.717) is 29.5 Å². The Hall–Kier alpha value is -1.58. The van der Waals surface area contributed by atoms with Gasteiger partial charge in [0.15, 0.2) is 0 Å². The monoisotopic (exact) mass is 344 g/mol. The average molecular weight is 344 g/mol. The summed E-state index contributed by atoms with van der Waals surface area (Å²) in [5.74, 6) is 1.37. The third-order valence-electron chi connectivity index (χ3n) is 6.55. The lowest BCUT2D eigenvalue weighted by molar-refractivity contribution is -0.123. The van der Waals surface area contributed by atoms with Gasteiger partial charge in [-0.15, -0.1) is 0 Å². The summed E-state index contributed by atoms with van der Waals surface area (Å²) in [4.78, 5) is 26.2. The molecule has 1 N–H and O–H groups in total. The van der Waals surface area contributed by atoms with E-state index in [1.165, 1.54) is 24.8 Å². The van der Waals surface area contributed by atoms with Gasteiger partial charge in [0.1, 0.15) is 5.78 Å². The predicted octanol–water partition coefficient (Wildman–Crippen LogP) is 4.08. The second-order valence-corrected chi connectivity index (χ2v) is 8.07. The number of allylic oxidation sites excluding steroid dienone is 3. The molecule has 2 saturated carbocycles. The maximum Gasteiger partial charge on any atom is 0.317 e. The summed E-state index contributed by atoms with van der Waals surface area (Å²) < 4.78 is 0. The molecule has 4 heteroatoms. The number of Topliss-reactive ketones (excluding diaryl/α,β-unsaturated/α-hetero) is 1. The van der Waals surface area contributed by atoms with Crippen LogP contribution in [-0.4, -0.2) is 36.3 Å². The van der Waals surface area contributed by atoms with Gasteiger partial charge in [-0.05, 0) is 62.4 Å². The van der Waals surface area contributed by atoms with E-state index in [1.807, 2.05) is 30.9 Å². The Labute approximate surface area is 151 Å². The van der Waals surface area contributed by atoms with Crippen LogP contribution in [0.3, 0.4) is 0 Å². The first-order valence-electron chi connectivity index (χ1n) is 9.94. The van der Waals surface area contributed by atoms with E-state index >= 15 is 0 Å². The van der Waals surface area contributed by atoms with Crippen molar-refractivity contribution in [1.29, 1.82) is 0 Å². The van der Waals surface area contributed by atoms with Crippen molar-refractivity contribution in [3.05, 3.63) is 23.8 Å². The molecule has 4 nitrogen and oxygen atoms in total. The summed E-state index contributed by atoms with van der Waals surface area (Å²) in [6.45, 7) is 6.36. The van der Waals surface area contributed by atoms with E-state index in [9.17, 15) is 9.59 Å². The lowest BCUT2D eigenvalue weighted by atomic mass is 9.76. The quantitative estimate of drug-likeness (QED) is 0.817. The van der Waals surface area contributed by atoms with Crippen LogP contribution in [0, 0.1) is 17.3 Å². The van der Waals surface area contributed by atoms with Crippen LogP contribution < -0.4 is 5.32 Å². The number of carbonyl (C=O) groups is 2. The van der Waals surface area contributed by atoms with Crippen molar-refractivity contribution in [3.8, 4) is 0 Å². The smallest absolute Gasteiger partial charge is 0.317 e. The molecular weight excluding hydrogens is 312 g/mol. The summed E-state index contributed by atoms with van der Waals surface area (Å²) in [7, 11) is 0. The van der Waals surface area contributed by atoms with E-state index in [0.717, 1.165) is 38.9 Å². The van der Waals surface area contributed by atoms with Crippen LogP contribution in [0.1, 0.15) is 58.8 Å². The molecule has 0 aromatic heterocycles. The first kappa shape index (κ1) is 18.2. The zero-order valence-electron chi connectivity index (χ0n) is 15.7. The topological polar surface area (TPSA) is 49.4 Å². The number of urea groups is 1. The Morgan fingerprint density at radius 1 is 1.32 bits per heavy atom. The number of amides is 2. The summed E-state index contributed by atoms with van der Waals surface area (Å²) >= 11 is 0. The fourth-order valence-electron chi connectivity index (χ4n) is 4.68. The Morgan fingerprint density at radius 2 is 2.08 bits per heavy atom. The standard InChI is InChI=1S/C21H32N2O2/c1-3-5-6-16-9-12-23(15-16)20(25)22-14-18-13-21(18)10-7-17(8-11-21)19(24)4-2/h3,5-6,17-18H,4,7-15H2,1-2H3,(H,22,25)/b5-3-,16-6+. The van der Waals surface area contributed by atoms with Crippen molar-refractivity contribution in [2.45, 2.75) is 58.8 Å². The Balaban J connectivity index is 1.39. The lowest BCUT2D eigenvalue weighted by Crippen LogP contribution is -2.39. The minimum absolute atomic E-state index is 0.0841. The molecule has 1 aliphatic heterocycles. The van der Waals surface area contributed by atoms with Crippen LogP contribution in [0.4, 0.5) is 4.79 Å². The van der Waals surface area contributed by atoms with Crippen molar-refractivity contribution in [1.82, 2.24) is 10.2 Å². The van der Waals surface area contributed by atoms with Crippen LogP contribution in [0.25, 0.3) is 0 Å². The SMILES string of the molecule is C/C=C\C=C1/CCN(C(=O)NCC2CC23CCC(C(=O)CC)CC3)C1. The van der Waals surface area contributed by atoms with Crippen LogP contribution in [-0.2, 0) is 4.79 Å². The van der Waals surface area contributed by atoms with Gasteiger partial charge in [0.05, 0.1) is 0 Å². The molecule has 2 aliphatic carbocycles. The second kappa shape index (κ2) is 7.76. The van der Waals surface area contributed by atoms with Gasteiger partial charge in [-0.2, -0.15) is 0 Å². The molecule has 1 saturated heterocycles. The molecule has 1 atom stereocenters. The fourth-order valence-corrected chi connectivity index (χ4v) is 4.68. The molecular formula is C21H32N2O2. The van der Waals surface area contributed by atoms with Gasteiger partial charge in [0, 0.05) is 32.0 Å². The molecule has 25 heavy (non-hydrogen) atoms. The molecule has 0 aromatic rings. The highest BCUT2D eigenvalue weighted by Crippen LogP contribution is 2.61. The predicted molar refractivity (Wildman–Crippen MR) is 100 cm³/mol. The van der Waals surface area contributed by atoms with Gasteiger partial charge >= 0.3 is 6.03 Å². The fraction of sp³-hybridized carbons (Fsp3) is 0.714. The molecule has 0 radical (unpaired) electrons. The molecule has 3 rings (SSSR count). The average Bonchev–Trinajstić information content (AvgIpc) is 3.07. The normalized spacial score (nSPS) is 33.4. The van der Waals surface area contributed by atoms with Crippen LogP contribution in [0.2, 0.25) is 0 Å². The van der Waals surface area contributed by atoms with E-state index < -0.39 is 0 Å². The highest BCUT2D eigenvalue weighted by atomic mass is 16.2. The van der Waals surface area contributed by atoms with Gasteiger partial charge in [-0.3, -0.25) is 4.79 Å². The minimum Gasteiger partial charge on any atom is -0.338 e. The zero-order chi connectivity index (χ0) is 17.9. The minimum atomic E-state index is 0.0841. The molecule has 1 spiro atoms. The van der Waals surface area contributed by atoms with Crippen LogP contribution in [0.15, 0.2) is 23.8 Å². The number of nitrogens with zero attached hydrogens (tertiary/aromatic N) is 1. The third kappa shape index (κ3) is 4.16. The Kier molecular flexibility index (Phi) is 5.65. The number of rotatable bonds is 5. The van der Waals surface area contributed by atoms with Crippen LogP contribution >= 0.6 is 0 Å². The highest BCUT2D eigenvalue weighted by Gasteiger charge is 2.54. The summed E-state index contributed by atoms with van der Waals surface area (Å²) in [6, 6.07) is 0.0841. The van der Waals surface area contributed by atoms with E-state index in [1.54, 1.807) is 0 Å². The Bertz CT molecular complexity index is 570. The Morgan fingerprint density at radius 3 is 2.76 bits per heavy atom. The zero-order valence-corrected chi connectivity index (χ0v) is 15.7. The van der Waals surface area contributed by atoms with Gasteiger partial charge in [0.2, 0.25) is 0 Å². The molecule has 3 fully saturated rings. The maximum absolute atomic E-state index is 12.4. The number of hydrogen-bond acceptors (Lipinski definition) is 2. The second-order valence-electron chi connectivity index (χ2n) is 8.07. The molecule has 2 amide bonds. The summed E-state index contributed by atoms with van der Waals surface area (Å²) in [6.07, 6.45) is 13.5. The molecule has 138 valence electrons. The largest absolute Gasteiger partial charge is 0.338 e. The number of ketones is 1. The molecule has 1 unspecified atom stereocenters. The maximum atomic E-state index is 12.4. The first-order chi connectivity index (χ1) is 12.1. The van der Waals surface area contributed by atoms with Gasteiger partial charge < -0.3 is 10.2 Å². The van der Waals surface area contributed by atoms with Crippen molar-refractivity contribution in [2.75, 3.05) is 19.6 Å². The number of nitrogens with one attached hydrogen (secondary N) is 1. The van der Waals surface area contributed by atoms with E-state index in [-0.39, 0.29) is 6.03 Å². The van der Waals surface area contributed by atoms with Crippen molar-refractivity contribution in [2.24, 2.45) is 17.3 Å². The number of likely N-dealkylation sites (tertiary alicyclic amines) is 1. The molecule has 3 aliphatic rings. The first-order valence-corrected chi connectivity index (χ1v) is 9.94. The van der Waals surface area contributed by atoms with Gasteiger partial charge in [-0.1, -0.05) is 25.2 Å². The number of hydrogen-bond donors (Lipinski definition) is 1. The van der Waals surface area contributed by atoms with E-state index in [4.69, 9.17) is 0 Å².